The molecule has 7 aromatic carbocycles. The van der Waals surface area contributed by atoms with Gasteiger partial charge < -0.3 is 14.7 Å². The van der Waals surface area contributed by atoms with Crippen molar-refractivity contribution >= 4 is 60.6 Å². The van der Waals surface area contributed by atoms with Crippen molar-refractivity contribution in [2.75, 3.05) is 23.4 Å². The fraction of sp³-hybridized carbons (Fsp3) is 0.156. The van der Waals surface area contributed by atoms with Gasteiger partial charge in [-0.2, -0.15) is 0 Å². The molecule has 0 bridgehead atoms. The third kappa shape index (κ3) is 5.28. The number of benzene rings is 7. The summed E-state index contributed by atoms with van der Waals surface area (Å²) in [6.45, 7) is 5.00. The average Bonchev–Trinajstić information content (AvgIpc) is 3.16. The minimum atomic E-state index is -0.241. The predicted molar refractivity (Wildman–Crippen MR) is 207 cm³/mol. The summed E-state index contributed by atoms with van der Waals surface area (Å²) in [5.74, 6) is -0.241. The minimum absolute atomic E-state index is 0.119. The highest BCUT2D eigenvalue weighted by Gasteiger charge is 2.27. The molecule has 0 aliphatic carbocycles. The Hall–Kier alpha value is -5.61. The van der Waals surface area contributed by atoms with Crippen molar-refractivity contribution in [1.29, 1.82) is 0 Å². The van der Waals surface area contributed by atoms with Crippen LogP contribution < -0.4 is 9.80 Å². The molecule has 9 rings (SSSR count). The highest BCUT2D eigenvalue weighted by Crippen LogP contribution is 2.46. The van der Waals surface area contributed by atoms with Crippen molar-refractivity contribution in [2.45, 2.75) is 32.9 Å². The zero-order chi connectivity index (χ0) is 33.5. The maximum Gasteiger partial charge on any atom is 0.125 e. The summed E-state index contributed by atoms with van der Waals surface area (Å²) in [4.78, 5) is 7.09. The predicted octanol–water partition coefficient (Wildman–Crippen LogP) is 11.8. The molecule has 0 aromatic heterocycles. The van der Waals surface area contributed by atoms with E-state index in [0.29, 0.717) is 0 Å². The minimum Gasteiger partial charge on any atom is -0.356 e. The molecule has 0 fully saturated rings. The third-order valence-corrected chi connectivity index (χ3v) is 9.96. The number of anilines is 4. The van der Waals surface area contributed by atoms with E-state index in [2.05, 4.69) is 137 Å². The lowest BCUT2D eigenvalue weighted by molar-refractivity contribution is 0.386. The second-order valence-corrected chi connectivity index (χ2v) is 12.7. The van der Waals surface area contributed by atoms with Gasteiger partial charge in [0.15, 0.2) is 0 Å². The zero-order valence-corrected chi connectivity index (χ0v) is 28.3. The van der Waals surface area contributed by atoms with Crippen LogP contribution in [0.5, 0.6) is 0 Å². The summed E-state index contributed by atoms with van der Waals surface area (Å²) in [5.41, 5.74) is 8.34. The Kier molecular flexibility index (Phi) is 8.01. The van der Waals surface area contributed by atoms with E-state index in [4.69, 9.17) is 0 Å². The number of rotatable bonds is 5. The van der Waals surface area contributed by atoms with Crippen molar-refractivity contribution in [3.05, 3.63) is 163 Å². The Bertz CT molecular complexity index is 2320. The lowest BCUT2D eigenvalue weighted by Crippen LogP contribution is -2.41. The van der Waals surface area contributed by atoms with E-state index in [1.165, 1.54) is 54.8 Å². The molecule has 0 N–H and O–H groups in total. The summed E-state index contributed by atoms with van der Waals surface area (Å²) < 4.78 is 14.3. The molecule has 0 radical (unpaired) electrons. The van der Waals surface area contributed by atoms with Crippen LogP contribution in [-0.4, -0.2) is 24.7 Å². The van der Waals surface area contributed by atoms with E-state index in [1.54, 1.807) is 12.1 Å². The Labute approximate surface area is 288 Å². The number of halogens is 1. The van der Waals surface area contributed by atoms with E-state index in [1.807, 2.05) is 32.0 Å². The van der Waals surface area contributed by atoms with Gasteiger partial charge in [-0.15, -0.1) is 0 Å². The van der Waals surface area contributed by atoms with Crippen LogP contribution in [0.2, 0.25) is 0 Å². The van der Waals surface area contributed by atoms with E-state index in [-0.39, 0.29) is 12.0 Å². The molecule has 4 heteroatoms. The first kappa shape index (κ1) is 30.7. The smallest absolute Gasteiger partial charge is 0.125 e. The molecule has 3 nitrogen and oxygen atoms in total. The Morgan fingerprint density at radius 1 is 0.673 bits per heavy atom. The first-order chi connectivity index (χ1) is 24.1. The lowest BCUT2D eigenvalue weighted by atomic mass is 9.91. The number of aryl methyl sites for hydroxylation is 1. The first-order valence-electron chi connectivity index (χ1n) is 17.4. The zero-order valence-electron chi connectivity index (χ0n) is 28.3. The molecule has 1 unspecified atom stereocenters. The Morgan fingerprint density at radius 3 is 2.12 bits per heavy atom. The van der Waals surface area contributed by atoms with E-state index >= 15 is 0 Å². The molecular formula is C45H40FN3. The van der Waals surface area contributed by atoms with Gasteiger partial charge in [0.25, 0.3) is 0 Å². The summed E-state index contributed by atoms with van der Waals surface area (Å²) >= 11 is 0. The van der Waals surface area contributed by atoms with Crippen molar-refractivity contribution in [2.24, 2.45) is 0 Å². The van der Waals surface area contributed by atoms with Crippen LogP contribution in [0.15, 0.2) is 146 Å². The average molecular weight is 642 g/mol. The fourth-order valence-electron chi connectivity index (χ4n) is 7.77. The molecule has 2 heterocycles. The van der Waals surface area contributed by atoms with Crippen molar-refractivity contribution < 1.29 is 4.39 Å². The molecule has 2 aliphatic rings. The first-order valence-corrected chi connectivity index (χ1v) is 17.4. The molecule has 49 heavy (non-hydrogen) atoms. The molecular weight excluding hydrogens is 602 g/mol. The third-order valence-electron chi connectivity index (χ3n) is 9.96. The Morgan fingerprint density at radius 2 is 1.35 bits per heavy atom. The van der Waals surface area contributed by atoms with Gasteiger partial charge in [0, 0.05) is 47.6 Å². The van der Waals surface area contributed by atoms with Gasteiger partial charge in [-0.1, -0.05) is 105 Å². The van der Waals surface area contributed by atoms with Crippen LogP contribution >= 0.6 is 0 Å². The van der Waals surface area contributed by atoms with E-state index in [9.17, 15) is 4.39 Å². The van der Waals surface area contributed by atoms with Gasteiger partial charge in [-0.05, 0) is 99.6 Å². The standard InChI is InChI=1S/C43H34FN3.C2H6/c1-45-28-33(29-8-3-2-4-9-29)17-26-41(45)47(35-20-18-34(44)19-21-35)40-25-16-32-13-22-36-39(24-15-31-14-23-37(40)43(32)42(31)36)46-27-7-11-30-10-5-6-12-38(30)46;1-2/h2-6,8-10,12-26,28,41H,7,11,27H2,1H3;1-2H3. The van der Waals surface area contributed by atoms with Gasteiger partial charge in [0.05, 0.1) is 5.69 Å². The molecule has 0 saturated carbocycles. The number of fused-ring (bicyclic) bond motifs is 1. The van der Waals surface area contributed by atoms with Crippen LogP contribution in [0.3, 0.4) is 0 Å². The molecule has 0 amide bonds. The topological polar surface area (TPSA) is 9.72 Å². The molecule has 2 aliphatic heterocycles. The maximum atomic E-state index is 14.3. The van der Waals surface area contributed by atoms with Gasteiger partial charge in [-0.3, -0.25) is 0 Å². The van der Waals surface area contributed by atoms with Gasteiger partial charge in [0.1, 0.15) is 12.0 Å². The fourth-order valence-corrected chi connectivity index (χ4v) is 7.77. The van der Waals surface area contributed by atoms with Crippen molar-refractivity contribution in [3.8, 4) is 0 Å². The number of allylic oxidation sites excluding steroid dienone is 2. The number of hydrogen-bond donors (Lipinski definition) is 0. The van der Waals surface area contributed by atoms with Crippen molar-refractivity contribution in [3.63, 3.8) is 0 Å². The largest absolute Gasteiger partial charge is 0.356 e. The summed E-state index contributed by atoms with van der Waals surface area (Å²) in [5, 5.41) is 7.47. The van der Waals surface area contributed by atoms with Crippen LogP contribution in [0.1, 0.15) is 31.4 Å². The van der Waals surface area contributed by atoms with Gasteiger partial charge in [-0.25, -0.2) is 4.39 Å². The highest BCUT2D eigenvalue weighted by atomic mass is 19.1. The molecule has 0 spiro atoms. The Balaban J connectivity index is 0.00000171. The van der Waals surface area contributed by atoms with Crippen molar-refractivity contribution in [1.82, 2.24) is 4.90 Å². The van der Waals surface area contributed by atoms with Gasteiger partial charge >= 0.3 is 0 Å². The normalized spacial score (nSPS) is 15.7. The molecule has 0 saturated heterocycles. The lowest BCUT2D eigenvalue weighted by Gasteiger charge is -2.40. The second kappa shape index (κ2) is 12.8. The molecule has 1 atom stereocenters. The summed E-state index contributed by atoms with van der Waals surface area (Å²) in [7, 11) is 2.12. The SMILES string of the molecule is CC.CN1C=C(c2ccccc2)C=CC1N(c1ccc(F)cc1)c1ccc2ccc3c(N4CCCc5ccccc54)ccc4ccc1c2c43. The van der Waals surface area contributed by atoms with Crippen LogP contribution in [0.4, 0.5) is 27.1 Å². The van der Waals surface area contributed by atoms with E-state index < -0.39 is 0 Å². The van der Waals surface area contributed by atoms with E-state index in [0.717, 1.165) is 36.3 Å². The second-order valence-electron chi connectivity index (χ2n) is 12.7. The highest BCUT2D eigenvalue weighted by molar-refractivity contribution is 6.27. The van der Waals surface area contributed by atoms with Crippen LogP contribution in [0.25, 0.3) is 37.9 Å². The van der Waals surface area contributed by atoms with Crippen LogP contribution in [0, 0.1) is 5.82 Å². The number of likely N-dealkylation sites (N-methyl/N-ethyl adjacent to an activating group) is 1. The monoisotopic (exact) mass is 641 g/mol. The maximum absolute atomic E-state index is 14.3. The number of para-hydroxylation sites is 1. The molecule has 7 aromatic rings. The van der Waals surface area contributed by atoms with Crippen LogP contribution in [-0.2, 0) is 6.42 Å². The molecule has 242 valence electrons. The quantitative estimate of drug-likeness (QED) is 0.173. The van der Waals surface area contributed by atoms with Gasteiger partial charge in [0.2, 0.25) is 0 Å². The number of hydrogen-bond acceptors (Lipinski definition) is 3. The summed E-state index contributed by atoms with van der Waals surface area (Å²) in [6.07, 6.45) is 8.79. The summed E-state index contributed by atoms with van der Waals surface area (Å²) in [6, 6.07) is 44.3. The number of nitrogens with zero attached hydrogens (tertiary/aromatic N) is 3.